The second-order valence-corrected chi connectivity index (χ2v) is 5.90. The summed E-state index contributed by atoms with van der Waals surface area (Å²) in [6, 6.07) is 0. The van der Waals surface area contributed by atoms with Crippen molar-refractivity contribution < 1.29 is 19.5 Å². The van der Waals surface area contributed by atoms with Gasteiger partial charge < -0.3 is 16.2 Å². The van der Waals surface area contributed by atoms with Crippen LogP contribution in [-0.2, 0) is 14.4 Å². The summed E-state index contributed by atoms with van der Waals surface area (Å²) in [5.41, 5.74) is 4.47. The van der Waals surface area contributed by atoms with Gasteiger partial charge in [-0.25, -0.2) is 0 Å². The van der Waals surface area contributed by atoms with Crippen molar-refractivity contribution in [1.29, 1.82) is 0 Å². The summed E-state index contributed by atoms with van der Waals surface area (Å²) in [7, 11) is 0. The number of nitrogens with two attached hydrogens (primary N) is 1. The monoisotopic (exact) mass is 270 g/mol. The molecule has 0 aromatic carbocycles. The Balaban J connectivity index is 2.47. The largest absolute Gasteiger partial charge is 0.481 e. The molecule has 0 aromatic heterocycles. The van der Waals surface area contributed by atoms with E-state index in [1.54, 1.807) is 13.8 Å². The van der Waals surface area contributed by atoms with E-state index in [0.29, 0.717) is 25.7 Å². The lowest BCUT2D eigenvalue weighted by atomic mass is 9.81. The highest BCUT2D eigenvalue weighted by Crippen LogP contribution is 2.29. The summed E-state index contributed by atoms with van der Waals surface area (Å²) in [5.74, 6) is -1.85. The van der Waals surface area contributed by atoms with Gasteiger partial charge in [0.1, 0.15) is 0 Å². The topological polar surface area (TPSA) is 109 Å². The molecule has 4 N–H and O–H groups in total. The molecule has 1 aliphatic carbocycles. The van der Waals surface area contributed by atoms with Crippen LogP contribution in [0.3, 0.4) is 0 Å². The second kappa shape index (κ2) is 6.04. The van der Waals surface area contributed by atoms with Crippen molar-refractivity contribution >= 4 is 17.8 Å². The predicted octanol–water partition coefficient (Wildman–Crippen LogP) is 0.648. The number of carbonyl (C=O) groups excluding carboxylic acids is 2. The smallest absolute Gasteiger partial charge is 0.306 e. The number of carbonyl (C=O) groups is 3. The lowest BCUT2D eigenvalue weighted by molar-refractivity contribution is -0.144. The molecular formula is C13H22N2O4. The molecule has 1 aliphatic rings. The number of primary amides is 1. The first kappa shape index (κ1) is 15.5. The highest BCUT2D eigenvalue weighted by atomic mass is 16.4. The summed E-state index contributed by atoms with van der Waals surface area (Å²) >= 11 is 0. The highest BCUT2D eigenvalue weighted by Gasteiger charge is 2.32. The van der Waals surface area contributed by atoms with Crippen molar-refractivity contribution in [2.24, 2.45) is 17.6 Å². The lowest BCUT2D eigenvalue weighted by Crippen LogP contribution is -2.48. The zero-order valence-electron chi connectivity index (χ0n) is 11.4. The number of carboxylic acid groups (broad SMARTS) is 1. The lowest BCUT2D eigenvalue weighted by Gasteiger charge is -2.30. The van der Waals surface area contributed by atoms with Gasteiger partial charge in [0.25, 0.3) is 0 Å². The van der Waals surface area contributed by atoms with Crippen molar-refractivity contribution in [3.63, 3.8) is 0 Å². The molecule has 1 fully saturated rings. The van der Waals surface area contributed by atoms with Crippen LogP contribution in [0.2, 0.25) is 0 Å². The van der Waals surface area contributed by atoms with E-state index in [0.717, 1.165) is 0 Å². The van der Waals surface area contributed by atoms with Crippen LogP contribution in [0.1, 0.15) is 46.0 Å². The predicted molar refractivity (Wildman–Crippen MR) is 69.1 cm³/mol. The molecule has 1 rings (SSSR count). The minimum Gasteiger partial charge on any atom is -0.481 e. The number of rotatable bonds is 5. The molecular weight excluding hydrogens is 248 g/mol. The van der Waals surface area contributed by atoms with E-state index >= 15 is 0 Å². The number of hydrogen-bond acceptors (Lipinski definition) is 3. The molecule has 0 radical (unpaired) electrons. The van der Waals surface area contributed by atoms with Gasteiger partial charge in [0.15, 0.2) is 0 Å². The van der Waals surface area contributed by atoms with Crippen LogP contribution in [0.4, 0.5) is 0 Å². The molecule has 0 saturated heterocycles. The summed E-state index contributed by atoms with van der Waals surface area (Å²) in [6.07, 6.45) is 2.31. The Labute approximate surface area is 112 Å². The molecule has 0 aromatic rings. The Morgan fingerprint density at radius 1 is 1.16 bits per heavy atom. The van der Waals surface area contributed by atoms with E-state index in [1.165, 1.54) is 0 Å². The zero-order chi connectivity index (χ0) is 14.6. The summed E-state index contributed by atoms with van der Waals surface area (Å²) in [5, 5.41) is 11.7. The van der Waals surface area contributed by atoms with Crippen LogP contribution in [0.5, 0.6) is 0 Å². The quantitative estimate of drug-likeness (QED) is 0.681. The van der Waals surface area contributed by atoms with Crippen molar-refractivity contribution in [2.45, 2.75) is 51.5 Å². The molecule has 0 spiro atoms. The second-order valence-electron chi connectivity index (χ2n) is 5.90. The van der Waals surface area contributed by atoms with E-state index in [2.05, 4.69) is 5.32 Å². The fraction of sp³-hybridized carbons (Fsp3) is 0.769. The Hall–Kier alpha value is -1.59. The first-order valence-corrected chi connectivity index (χ1v) is 6.54. The van der Waals surface area contributed by atoms with Gasteiger partial charge in [0, 0.05) is 17.9 Å². The molecule has 6 heteroatoms. The molecule has 0 unspecified atom stereocenters. The average Bonchev–Trinajstić information content (AvgIpc) is 2.26. The van der Waals surface area contributed by atoms with Crippen LogP contribution < -0.4 is 11.1 Å². The average molecular weight is 270 g/mol. The van der Waals surface area contributed by atoms with E-state index in [4.69, 9.17) is 10.8 Å². The molecule has 1 saturated carbocycles. The third-order valence-electron chi connectivity index (χ3n) is 3.52. The summed E-state index contributed by atoms with van der Waals surface area (Å²) in [6.45, 7) is 3.50. The van der Waals surface area contributed by atoms with Crippen LogP contribution >= 0.6 is 0 Å². The maximum atomic E-state index is 12.1. The van der Waals surface area contributed by atoms with Crippen molar-refractivity contribution in [1.82, 2.24) is 5.32 Å². The van der Waals surface area contributed by atoms with Gasteiger partial charge >= 0.3 is 5.97 Å². The van der Waals surface area contributed by atoms with Crippen molar-refractivity contribution in [3.8, 4) is 0 Å². The van der Waals surface area contributed by atoms with E-state index in [9.17, 15) is 14.4 Å². The number of nitrogens with one attached hydrogen (secondary N) is 1. The zero-order valence-corrected chi connectivity index (χ0v) is 11.4. The SMILES string of the molecule is CC(C)(CC(N)=O)NC(=O)C1CCC(C(=O)O)CC1. The Bertz CT molecular complexity index is 371. The van der Waals surface area contributed by atoms with Gasteiger partial charge in [0.05, 0.1) is 5.92 Å². The van der Waals surface area contributed by atoms with Gasteiger partial charge in [-0.3, -0.25) is 14.4 Å². The first-order valence-electron chi connectivity index (χ1n) is 6.54. The van der Waals surface area contributed by atoms with Gasteiger partial charge in [-0.15, -0.1) is 0 Å². The molecule has 0 bridgehead atoms. The van der Waals surface area contributed by atoms with E-state index in [1.807, 2.05) is 0 Å². The molecule has 2 amide bonds. The van der Waals surface area contributed by atoms with Crippen LogP contribution in [0.15, 0.2) is 0 Å². The Kier molecular flexibility index (Phi) is 4.91. The first-order chi connectivity index (χ1) is 8.71. The number of carboxylic acids is 1. The van der Waals surface area contributed by atoms with Gasteiger partial charge in [0.2, 0.25) is 11.8 Å². The minimum atomic E-state index is -0.784. The van der Waals surface area contributed by atoms with Crippen LogP contribution in [0.25, 0.3) is 0 Å². The maximum absolute atomic E-state index is 12.1. The van der Waals surface area contributed by atoms with Gasteiger partial charge in [-0.05, 0) is 39.5 Å². The third kappa shape index (κ3) is 4.89. The molecule has 0 heterocycles. The van der Waals surface area contributed by atoms with E-state index in [-0.39, 0.29) is 24.2 Å². The molecule has 108 valence electrons. The molecule has 0 aliphatic heterocycles. The Morgan fingerprint density at radius 2 is 1.63 bits per heavy atom. The summed E-state index contributed by atoms with van der Waals surface area (Å²) in [4.78, 5) is 33.8. The highest BCUT2D eigenvalue weighted by molar-refractivity contribution is 5.81. The molecule has 6 nitrogen and oxygen atoms in total. The van der Waals surface area contributed by atoms with Gasteiger partial charge in [-0.2, -0.15) is 0 Å². The molecule has 19 heavy (non-hydrogen) atoms. The van der Waals surface area contributed by atoms with Crippen LogP contribution in [-0.4, -0.2) is 28.4 Å². The maximum Gasteiger partial charge on any atom is 0.306 e. The third-order valence-corrected chi connectivity index (χ3v) is 3.52. The standard InChI is InChI=1S/C13H22N2O4/c1-13(2,7-10(14)16)15-11(17)8-3-5-9(6-4-8)12(18)19/h8-9H,3-7H2,1-2H3,(H2,14,16)(H,15,17)(H,18,19). The van der Waals surface area contributed by atoms with Crippen LogP contribution in [0, 0.1) is 11.8 Å². The fourth-order valence-electron chi connectivity index (χ4n) is 2.52. The summed E-state index contributed by atoms with van der Waals surface area (Å²) < 4.78 is 0. The van der Waals surface area contributed by atoms with Gasteiger partial charge in [-0.1, -0.05) is 0 Å². The van der Waals surface area contributed by atoms with E-state index < -0.39 is 17.4 Å². The fourth-order valence-corrected chi connectivity index (χ4v) is 2.52. The minimum absolute atomic E-state index is 0.0865. The Morgan fingerprint density at radius 3 is 2.05 bits per heavy atom. The normalized spacial score (nSPS) is 23.7. The van der Waals surface area contributed by atoms with Crippen molar-refractivity contribution in [2.75, 3.05) is 0 Å². The number of aliphatic carboxylic acids is 1. The molecule has 0 atom stereocenters. The number of hydrogen-bond donors (Lipinski definition) is 3. The number of amides is 2. The van der Waals surface area contributed by atoms with Crippen molar-refractivity contribution in [3.05, 3.63) is 0 Å².